The van der Waals surface area contributed by atoms with Crippen LogP contribution in [0, 0.1) is 0 Å². The Morgan fingerprint density at radius 3 is 2.56 bits per heavy atom. The highest BCUT2D eigenvalue weighted by Gasteiger charge is 2.18. The maximum atomic E-state index is 12.5. The molecule has 0 saturated heterocycles. The molecule has 4 heteroatoms. The Bertz CT molecular complexity index is 951. The molecule has 0 spiro atoms. The van der Waals surface area contributed by atoms with Crippen molar-refractivity contribution in [3.8, 4) is 5.75 Å². The second kappa shape index (κ2) is 7.54. The van der Waals surface area contributed by atoms with E-state index in [1.807, 2.05) is 48.5 Å². The van der Waals surface area contributed by atoms with Crippen LogP contribution in [0.4, 0.5) is 11.4 Å². The first-order valence-corrected chi connectivity index (χ1v) is 9.11. The zero-order chi connectivity index (χ0) is 18.6. The predicted molar refractivity (Wildman–Crippen MR) is 109 cm³/mol. The number of hydrogen-bond acceptors (Lipinski definition) is 3. The zero-order valence-electron chi connectivity index (χ0n) is 15.3. The van der Waals surface area contributed by atoms with Gasteiger partial charge >= 0.3 is 0 Å². The van der Waals surface area contributed by atoms with Gasteiger partial charge in [-0.05, 0) is 47.9 Å². The monoisotopic (exact) mass is 358 g/mol. The van der Waals surface area contributed by atoms with E-state index < -0.39 is 0 Å². The normalized spacial score (nSPS) is 12.6. The largest absolute Gasteiger partial charge is 0.495 e. The van der Waals surface area contributed by atoms with Gasteiger partial charge in [0.1, 0.15) is 5.75 Å². The molecule has 3 aromatic rings. The Kier molecular flexibility index (Phi) is 4.79. The standard InChI is InChI=1S/C23H22N2O2/c1-27-22-9-5-3-7-20(22)24-23(26)19-12-10-17(11-13-19)16-25-15-14-18-6-2-4-8-21(18)25/h2-13H,14-16H2,1H3,(H,24,26). The highest BCUT2D eigenvalue weighted by atomic mass is 16.5. The molecule has 0 aromatic heterocycles. The van der Waals surface area contributed by atoms with Gasteiger partial charge in [-0.3, -0.25) is 4.79 Å². The summed E-state index contributed by atoms with van der Waals surface area (Å²) < 4.78 is 5.28. The molecule has 1 aliphatic heterocycles. The second-order valence-electron chi connectivity index (χ2n) is 6.65. The van der Waals surface area contributed by atoms with Crippen LogP contribution in [-0.4, -0.2) is 19.6 Å². The van der Waals surface area contributed by atoms with E-state index in [1.165, 1.54) is 16.8 Å². The van der Waals surface area contributed by atoms with E-state index in [-0.39, 0.29) is 5.91 Å². The topological polar surface area (TPSA) is 41.6 Å². The van der Waals surface area contributed by atoms with Crippen LogP contribution in [0.1, 0.15) is 21.5 Å². The van der Waals surface area contributed by atoms with E-state index in [0.29, 0.717) is 17.0 Å². The minimum absolute atomic E-state index is 0.141. The SMILES string of the molecule is COc1ccccc1NC(=O)c1ccc(CN2CCc3ccccc32)cc1. The van der Waals surface area contributed by atoms with Gasteiger partial charge in [0.25, 0.3) is 5.91 Å². The van der Waals surface area contributed by atoms with Crippen LogP contribution < -0.4 is 15.0 Å². The van der Waals surface area contributed by atoms with Gasteiger partial charge in [-0.1, -0.05) is 42.5 Å². The average molecular weight is 358 g/mol. The van der Waals surface area contributed by atoms with Gasteiger partial charge in [-0.25, -0.2) is 0 Å². The number of benzene rings is 3. The van der Waals surface area contributed by atoms with Crippen LogP contribution in [0.2, 0.25) is 0 Å². The number of fused-ring (bicyclic) bond motifs is 1. The summed E-state index contributed by atoms with van der Waals surface area (Å²) in [5.74, 6) is 0.507. The number of rotatable bonds is 5. The first kappa shape index (κ1) is 17.2. The molecular formula is C23H22N2O2. The van der Waals surface area contributed by atoms with E-state index in [9.17, 15) is 4.79 Å². The second-order valence-corrected chi connectivity index (χ2v) is 6.65. The van der Waals surface area contributed by atoms with Gasteiger partial charge < -0.3 is 15.0 Å². The van der Waals surface area contributed by atoms with Crippen molar-refractivity contribution < 1.29 is 9.53 Å². The number of methoxy groups -OCH3 is 1. The number of anilines is 2. The van der Waals surface area contributed by atoms with E-state index >= 15 is 0 Å². The molecule has 0 radical (unpaired) electrons. The first-order chi connectivity index (χ1) is 13.2. The third kappa shape index (κ3) is 3.65. The van der Waals surface area contributed by atoms with E-state index in [1.54, 1.807) is 7.11 Å². The number of ether oxygens (including phenoxy) is 1. The predicted octanol–water partition coefficient (Wildman–Crippen LogP) is 4.51. The number of nitrogens with zero attached hydrogens (tertiary/aromatic N) is 1. The van der Waals surface area contributed by atoms with Gasteiger partial charge in [-0.2, -0.15) is 0 Å². The Balaban J connectivity index is 1.44. The lowest BCUT2D eigenvalue weighted by Crippen LogP contribution is -2.19. The molecule has 27 heavy (non-hydrogen) atoms. The van der Waals surface area contributed by atoms with Crippen molar-refractivity contribution in [2.75, 3.05) is 23.9 Å². The fourth-order valence-corrected chi connectivity index (χ4v) is 3.50. The molecule has 4 rings (SSSR count). The van der Waals surface area contributed by atoms with Crippen LogP contribution in [0.3, 0.4) is 0 Å². The lowest BCUT2D eigenvalue weighted by molar-refractivity contribution is 0.102. The molecule has 136 valence electrons. The molecule has 0 saturated carbocycles. The summed E-state index contributed by atoms with van der Waals surface area (Å²) in [5, 5.41) is 2.91. The molecule has 0 bridgehead atoms. The summed E-state index contributed by atoms with van der Waals surface area (Å²) in [6.07, 6.45) is 1.09. The van der Waals surface area contributed by atoms with Crippen LogP contribution in [0.5, 0.6) is 5.75 Å². The Morgan fingerprint density at radius 2 is 1.74 bits per heavy atom. The maximum Gasteiger partial charge on any atom is 0.255 e. The Hall–Kier alpha value is -3.27. The highest BCUT2D eigenvalue weighted by Crippen LogP contribution is 2.29. The number of carbonyl (C=O) groups excluding carboxylic acids is 1. The maximum absolute atomic E-state index is 12.5. The number of amides is 1. The summed E-state index contributed by atoms with van der Waals surface area (Å²) in [7, 11) is 1.59. The molecule has 1 aliphatic rings. The summed E-state index contributed by atoms with van der Waals surface area (Å²) in [6.45, 7) is 1.89. The number of carbonyl (C=O) groups is 1. The summed E-state index contributed by atoms with van der Waals surface area (Å²) >= 11 is 0. The molecule has 3 aromatic carbocycles. The third-order valence-corrected chi connectivity index (χ3v) is 4.93. The molecule has 1 N–H and O–H groups in total. The zero-order valence-corrected chi connectivity index (χ0v) is 15.3. The van der Waals surface area contributed by atoms with Crippen LogP contribution in [0.25, 0.3) is 0 Å². The van der Waals surface area contributed by atoms with Crippen LogP contribution >= 0.6 is 0 Å². The van der Waals surface area contributed by atoms with Gasteiger partial charge in [0.2, 0.25) is 0 Å². The molecule has 0 atom stereocenters. The van der Waals surface area contributed by atoms with Crippen molar-refractivity contribution >= 4 is 17.3 Å². The van der Waals surface area contributed by atoms with Crippen molar-refractivity contribution in [3.05, 3.63) is 89.5 Å². The van der Waals surface area contributed by atoms with Crippen molar-refractivity contribution in [1.82, 2.24) is 0 Å². The molecule has 0 fully saturated rings. The minimum Gasteiger partial charge on any atom is -0.495 e. The summed E-state index contributed by atoms with van der Waals surface area (Å²) in [5.41, 5.74) is 5.22. The fourth-order valence-electron chi connectivity index (χ4n) is 3.50. The molecule has 1 heterocycles. The molecule has 0 aliphatic carbocycles. The smallest absolute Gasteiger partial charge is 0.255 e. The van der Waals surface area contributed by atoms with Gasteiger partial charge in [0.05, 0.1) is 12.8 Å². The van der Waals surface area contributed by atoms with Crippen molar-refractivity contribution in [1.29, 1.82) is 0 Å². The molecular weight excluding hydrogens is 336 g/mol. The van der Waals surface area contributed by atoms with Gasteiger partial charge in [-0.15, -0.1) is 0 Å². The fraction of sp³-hybridized carbons (Fsp3) is 0.174. The van der Waals surface area contributed by atoms with Gasteiger partial charge in [0.15, 0.2) is 0 Å². The summed E-state index contributed by atoms with van der Waals surface area (Å²) in [4.78, 5) is 14.9. The lowest BCUT2D eigenvalue weighted by atomic mass is 10.1. The average Bonchev–Trinajstić information content (AvgIpc) is 3.12. The molecule has 1 amide bonds. The molecule has 4 nitrogen and oxygen atoms in total. The van der Waals surface area contributed by atoms with Crippen LogP contribution in [-0.2, 0) is 13.0 Å². The van der Waals surface area contributed by atoms with E-state index in [2.05, 4.69) is 34.5 Å². The highest BCUT2D eigenvalue weighted by molar-refractivity contribution is 6.05. The lowest BCUT2D eigenvalue weighted by Gasteiger charge is -2.19. The minimum atomic E-state index is -0.141. The first-order valence-electron chi connectivity index (χ1n) is 9.11. The van der Waals surface area contributed by atoms with E-state index in [4.69, 9.17) is 4.74 Å². The van der Waals surface area contributed by atoms with Crippen molar-refractivity contribution in [3.63, 3.8) is 0 Å². The Morgan fingerprint density at radius 1 is 1.00 bits per heavy atom. The third-order valence-electron chi connectivity index (χ3n) is 4.93. The van der Waals surface area contributed by atoms with Crippen LogP contribution in [0.15, 0.2) is 72.8 Å². The van der Waals surface area contributed by atoms with E-state index in [0.717, 1.165) is 19.5 Å². The Labute approximate surface area is 159 Å². The summed E-state index contributed by atoms with van der Waals surface area (Å²) in [6, 6.07) is 23.8. The quantitative estimate of drug-likeness (QED) is 0.730. The number of para-hydroxylation sites is 3. The number of nitrogens with one attached hydrogen (secondary N) is 1. The van der Waals surface area contributed by atoms with Crippen molar-refractivity contribution in [2.45, 2.75) is 13.0 Å². The van der Waals surface area contributed by atoms with Crippen molar-refractivity contribution in [2.24, 2.45) is 0 Å². The molecule has 0 unspecified atom stereocenters. The van der Waals surface area contributed by atoms with Gasteiger partial charge in [0, 0.05) is 24.3 Å². The number of hydrogen-bond donors (Lipinski definition) is 1.